The van der Waals surface area contributed by atoms with Crippen LogP contribution >= 0.6 is 0 Å². The minimum Gasteiger partial charge on any atom is -0.459 e. The van der Waals surface area contributed by atoms with Gasteiger partial charge in [0.25, 0.3) is 5.91 Å². The zero-order valence-corrected chi connectivity index (χ0v) is 14.8. The first-order valence-electron chi connectivity index (χ1n) is 7.84. The molecule has 7 nitrogen and oxygen atoms in total. The first kappa shape index (κ1) is 19.6. The molecule has 1 saturated heterocycles. The summed E-state index contributed by atoms with van der Waals surface area (Å²) in [5.41, 5.74) is -1.81. The molecule has 1 N–H and O–H groups in total. The second kappa shape index (κ2) is 6.89. The summed E-state index contributed by atoms with van der Waals surface area (Å²) in [6.07, 6.45) is 0. The van der Waals surface area contributed by atoms with Crippen molar-refractivity contribution in [2.45, 2.75) is 45.4 Å². The van der Waals surface area contributed by atoms with E-state index in [1.54, 1.807) is 20.8 Å². The van der Waals surface area contributed by atoms with Gasteiger partial charge in [0, 0.05) is 0 Å². The van der Waals surface area contributed by atoms with E-state index < -0.39 is 42.2 Å². The van der Waals surface area contributed by atoms with Crippen LogP contribution in [-0.4, -0.2) is 41.6 Å². The maximum atomic E-state index is 12.7. The number of imide groups is 1. The van der Waals surface area contributed by atoms with Crippen molar-refractivity contribution in [1.82, 2.24) is 10.2 Å². The molecule has 1 fully saturated rings. The normalized spacial score (nSPS) is 20.3. The molecule has 0 spiro atoms. The Hall–Kier alpha value is -2.71. The maximum Gasteiger partial charge on any atom is 0.387 e. The van der Waals surface area contributed by atoms with Crippen molar-refractivity contribution < 1.29 is 32.6 Å². The number of rotatable bonds is 5. The molecule has 3 amide bonds. The first-order valence-corrected chi connectivity index (χ1v) is 7.84. The number of nitrogens with one attached hydrogen (secondary N) is 1. The number of esters is 1. The standard InChI is InChI=1S/C17H20F2N2O5/c1-16(2,3)26-12(22)9-21-13(23)17(4,20-15(21)24)10-5-7-11(8-6-10)25-14(18)19/h5-8,14H,9H2,1-4H3,(H,20,24)/t17-/m1/s1. The summed E-state index contributed by atoms with van der Waals surface area (Å²) in [4.78, 5) is 37.5. The van der Waals surface area contributed by atoms with E-state index in [-0.39, 0.29) is 5.75 Å². The second-order valence-electron chi connectivity index (χ2n) is 6.94. The molecule has 2 rings (SSSR count). The highest BCUT2D eigenvalue weighted by molar-refractivity contribution is 6.08. The average molecular weight is 370 g/mol. The average Bonchev–Trinajstić information content (AvgIpc) is 2.70. The molecule has 0 bridgehead atoms. The largest absolute Gasteiger partial charge is 0.459 e. The number of ether oxygens (including phenoxy) is 2. The highest BCUT2D eigenvalue weighted by atomic mass is 19.3. The van der Waals surface area contributed by atoms with Gasteiger partial charge in [-0.15, -0.1) is 0 Å². The summed E-state index contributed by atoms with van der Waals surface area (Å²) < 4.78 is 33.8. The van der Waals surface area contributed by atoms with E-state index in [2.05, 4.69) is 10.1 Å². The number of hydrogen-bond donors (Lipinski definition) is 1. The van der Waals surface area contributed by atoms with Gasteiger partial charge in [-0.25, -0.2) is 4.79 Å². The number of amides is 3. The number of benzene rings is 1. The molecule has 0 unspecified atom stereocenters. The molecule has 0 radical (unpaired) electrons. The Morgan fingerprint density at radius 1 is 1.23 bits per heavy atom. The summed E-state index contributed by atoms with van der Waals surface area (Å²) in [5.74, 6) is -1.43. The topological polar surface area (TPSA) is 84.9 Å². The number of carbonyl (C=O) groups is 3. The molecule has 1 aliphatic rings. The van der Waals surface area contributed by atoms with Gasteiger partial charge in [-0.1, -0.05) is 12.1 Å². The smallest absolute Gasteiger partial charge is 0.387 e. The van der Waals surface area contributed by atoms with Crippen molar-refractivity contribution in [2.24, 2.45) is 0 Å². The van der Waals surface area contributed by atoms with Gasteiger partial charge < -0.3 is 14.8 Å². The Bertz CT molecular complexity index is 715. The predicted molar refractivity (Wildman–Crippen MR) is 86.5 cm³/mol. The Morgan fingerprint density at radius 2 is 1.81 bits per heavy atom. The van der Waals surface area contributed by atoms with Crippen LogP contribution in [0.4, 0.5) is 13.6 Å². The lowest BCUT2D eigenvalue weighted by atomic mass is 9.92. The van der Waals surface area contributed by atoms with Crippen LogP contribution in [0.5, 0.6) is 5.75 Å². The molecule has 1 aromatic rings. The van der Waals surface area contributed by atoms with Gasteiger partial charge in [-0.2, -0.15) is 8.78 Å². The summed E-state index contributed by atoms with van der Waals surface area (Å²) in [7, 11) is 0. The summed E-state index contributed by atoms with van der Waals surface area (Å²) >= 11 is 0. The third kappa shape index (κ3) is 4.27. The molecule has 9 heteroatoms. The predicted octanol–water partition coefficient (Wildman–Crippen LogP) is 2.40. The molecule has 0 saturated carbocycles. The Labute approximate surface area is 149 Å². The van der Waals surface area contributed by atoms with Crippen LogP contribution in [0.3, 0.4) is 0 Å². The summed E-state index contributed by atoms with van der Waals surface area (Å²) in [6.45, 7) is 2.99. The first-order chi connectivity index (χ1) is 11.9. The minimum absolute atomic E-state index is 0.0743. The molecular weight excluding hydrogens is 350 g/mol. The van der Waals surface area contributed by atoms with E-state index in [0.29, 0.717) is 5.56 Å². The monoisotopic (exact) mass is 370 g/mol. The second-order valence-corrected chi connectivity index (χ2v) is 6.94. The third-order valence-electron chi connectivity index (χ3n) is 3.64. The third-order valence-corrected chi connectivity index (χ3v) is 3.64. The van der Waals surface area contributed by atoms with Crippen LogP contribution in [0.1, 0.15) is 33.3 Å². The fourth-order valence-electron chi connectivity index (χ4n) is 2.51. The van der Waals surface area contributed by atoms with E-state index in [1.807, 2.05) is 0 Å². The molecule has 1 aromatic carbocycles. The van der Waals surface area contributed by atoms with Crippen LogP contribution in [0.2, 0.25) is 0 Å². The SMILES string of the molecule is CC(C)(C)OC(=O)CN1C(=O)N[C@](C)(c2ccc(OC(F)F)cc2)C1=O. The van der Waals surface area contributed by atoms with Crippen LogP contribution < -0.4 is 10.1 Å². The maximum absolute atomic E-state index is 12.7. The minimum atomic E-state index is -2.96. The Balaban J connectivity index is 2.16. The number of halogens is 2. The van der Waals surface area contributed by atoms with E-state index in [0.717, 1.165) is 4.90 Å². The van der Waals surface area contributed by atoms with Crippen molar-refractivity contribution >= 4 is 17.9 Å². The zero-order valence-electron chi connectivity index (χ0n) is 14.8. The highest BCUT2D eigenvalue weighted by Crippen LogP contribution is 2.30. The van der Waals surface area contributed by atoms with Gasteiger partial charge in [0.1, 0.15) is 23.4 Å². The summed E-state index contributed by atoms with van der Waals surface area (Å²) in [6, 6.07) is 4.58. The summed E-state index contributed by atoms with van der Waals surface area (Å²) in [5, 5.41) is 2.52. The number of urea groups is 1. The lowest BCUT2D eigenvalue weighted by Gasteiger charge is -2.23. The quantitative estimate of drug-likeness (QED) is 0.635. The van der Waals surface area contributed by atoms with E-state index >= 15 is 0 Å². The molecule has 1 aliphatic heterocycles. The van der Waals surface area contributed by atoms with Crippen LogP contribution in [0.15, 0.2) is 24.3 Å². The van der Waals surface area contributed by atoms with Crippen molar-refractivity contribution in [3.05, 3.63) is 29.8 Å². The van der Waals surface area contributed by atoms with Crippen LogP contribution in [-0.2, 0) is 19.9 Å². The van der Waals surface area contributed by atoms with E-state index in [9.17, 15) is 23.2 Å². The molecule has 1 heterocycles. The Kier molecular flexibility index (Phi) is 5.20. The van der Waals surface area contributed by atoms with E-state index in [1.165, 1.54) is 31.2 Å². The van der Waals surface area contributed by atoms with Gasteiger partial charge in [-0.3, -0.25) is 14.5 Å². The van der Waals surface area contributed by atoms with E-state index in [4.69, 9.17) is 4.74 Å². The highest BCUT2D eigenvalue weighted by Gasteiger charge is 2.49. The van der Waals surface area contributed by atoms with Gasteiger partial charge in [0.05, 0.1) is 0 Å². The van der Waals surface area contributed by atoms with Crippen LogP contribution in [0.25, 0.3) is 0 Å². The zero-order chi connectivity index (χ0) is 19.7. The van der Waals surface area contributed by atoms with Crippen molar-refractivity contribution in [3.8, 4) is 5.75 Å². The van der Waals surface area contributed by atoms with Gasteiger partial charge in [0.2, 0.25) is 0 Å². The van der Waals surface area contributed by atoms with Gasteiger partial charge in [0.15, 0.2) is 0 Å². The van der Waals surface area contributed by atoms with Crippen LogP contribution in [0, 0.1) is 0 Å². The van der Waals surface area contributed by atoms with Crippen molar-refractivity contribution in [3.63, 3.8) is 0 Å². The fraction of sp³-hybridized carbons (Fsp3) is 0.471. The molecule has 0 aromatic heterocycles. The number of nitrogens with zero attached hydrogens (tertiary/aromatic N) is 1. The molecule has 0 aliphatic carbocycles. The molecular formula is C17H20F2N2O5. The van der Waals surface area contributed by atoms with Gasteiger partial charge >= 0.3 is 18.6 Å². The molecule has 1 atom stereocenters. The van der Waals surface area contributed by atoms with Crippen molar-refractivity contribution in [1.29, 1.82) is 0 Å². The lowest BCUT2D eigenvalue weighted by molar-refractivity contribution is -0.157. The van der Waals surface area contributed by atoms with Crippen molar-refractivity contribution in [2.75, 3.05) is 6.54 Å². The van der Waals surface area contributed by atoms with Gasteiger partial charge in [-0.05, 0) is 45.4 Å². The fourth-order valence-corrected chi connectivity index (χ4v) is 2.51. The Morgan fingerprint density at radius 3 is 2.31 bits per heavy atom. The molecule has 26 heavy (non-hydrogen) atoms. The molecule has 142 valence electrons. The number of alkyl halides is 2. The lowest BCUT2D eigenvalue weighted by Crippen LogP contribution is -2.42. The number of carbonyl (C=O) groups excluding carboxylic acids is 3. The number of hydrogen-bond acceptors (Lipinski definition) is 5.